The Bertz CT molecular complexity index is 1740. The van der Waals surface area contributed by atoms with Crippen molar-refractivity contribution in [3.8, 4) is 5.75 Å². The Morgan fingerprint density at radius 2 is 1.56 bits per heavy atom. The Kier molecular flexibility index (Phi) is 13.6. The number of carbonyl (C=O) groups is 3. The van der Waals surface area contributed by atoms with Crippen LogP contribution < -0.4 is 10.6 Å². The molecule has 0 fully saturated rings. The van der Waals surface area contributed by atoms with E-state index >= 15 is 0 Å². The summed E-state index contributed by atoms with van der Waals surface area (Å²) in [5, 5.41) is 17.8. The van der Waals surface area contributed by atoms with Crippen molar-refractivity contribution >= 4 is 40.4 Å². The first-order valence-electron chi connectivity index (χ1n) is 17.6. The zero-order valence-corrected chi connectivity index (χ0v) is 29.8. The molecule has 0 aliphatic carbocycles. The standard InChI is InChI=1S/C42H51N3O5/c1-6-8-9-10-11-14-26-45(40(48)37(44-41(49)50-42(3,4)5)28-31-20-24-36(46)25-21-31)38(34-19-15-16-30(7-2)27-34)39(47)43-35-23-22-32-17-12-13-18-33(32)29-35/h7,12-13,15-25,27,29,37-38,46H,2,6,8-11,14,26,28H2,1,3-5H3,(H,43,47)(H,44,49). The number of benzene rings is 4. The van der Waals surface area contributed by atoms with E-state index in [1.54, 1.807) is 56.0 Å². The van der Waals surface area contributed by atoms with Crippen LogP contribution in [0.1, 0.15) is 89.0 Å². The van der Waals surface area contributed by atoms with Crippen molar-refractivity contribution in [2.45, 2.75) is 90.3 Å². The first kappa shape index (κ1) is 37.7. The van der Waals surface area contributed by atoms with Crippen molar-refractivity contribution in [2.24, 2.45) is 0 Å². The van der Waals surface area contributed by atoms with Gasteiger partial charge >= 0.3 is 6.09 Å². The topological polar surface area (TPSA) is 108 Å². The van der Waals surface area contributed by atoms with E-state index in [-0.39, 0.29) is 18.1 Å². The summed E-state index contributed by atoms with van der Waals surface area (Å²) in [6.45, 7) is 11.7. The van der Waals surface area contributed by atoms with Crippen LogP contribution in [0.3, 0.4) is 0 Å². The number of unbranched alkanes of at least 4 members (excludes halogenated alkanes) is 5. The fourth-order valence-electron chi connectivity index (χ4n) is 5.95. The van der Waals surface area contributed by atoms with E-state index in [0.717, 1.165) is 54.0 Å². The molecule has 3 amide bonds. The third-order valence-corrected chi connectivity index (χ3v) is 8.44. The zero-order valence-electron chi connectivity index (χ0n) is 29.8. The highest BCUT2D eigenvalue weighted by atomic mass is 16.6. The number of anilines is 1. The summed E-state index contributed by atoms with van der Waals surface area (Å²) in [4.78, 5) is 44.2. The lowest BCUT2D eigenvalue weighted by Gasteiger charge is -2.35. The zero-order chi connectivity index (χ0) is 36.1. The summed E-state index contributed by atoms with van der Waals surface area (Å²) < 4.78 is 5.58. The number of nitrogens with one attached hydrogen (secondary N) is 2. The van der Waals surface area contributed by atoms with Crippen LogP contribution in [0, 0.1) is 0 Å². The number of hydrogen-bond donors (Lipinski definition) is 3. The molecule has 2 unspecified atom stereocenters. The van der Waals surface area contributed by atoms with Gasteiger partial charge in [-0.15, -0.1) is 0 Å². The molecular formula is C42H51N3O5. The third-order valence-electron chi connectivity index (χ3n) is 8.44. The molecule has 2 atom stereocenters. The molecule has 4 aromatic rings. The normalized spacial score (nSPS) is 12.5. The van der Waals surface area contributed by atoms with Crippen molar-refractivity contribution in [3.05, 3.63) is 114 Å². The SMILES string of the molecule is C=Cc1cccc(C(C(=O)Nc2ccc3ccccc3c2)N(CCCCCCCC)C(=O)C(Cc2ccc(O)cc2)NC(=O)OC(C)(C)C)c1. The van der Waals surface area contributed by atoms with E-state index in [0.29, 0.717) is 24.2 Å². The van der Waals surface area contributed by atoms with E-state index in [1.165, 1.54) is 0 Å². The lowest BCUT2D eigenvalue weighted by Crippen LogP contribution is -2.53. The molecule has 0 aliphatic heterocycles. The van der Waals surface area contributed by atoms with Crippen molar-refractivity contribution in [1.82, 2.24) is 10.2 Å². The predicted octanol–water partition coefficient (Wildman–Crippen LogP) is 9.19. The predicted molar refractivity (Wildman–Crippen MR) is 202 cm³/mol. The van der Waals surface area contributed by atoms with Crippen LogP contribution in [0.5, 0.6) is 5.75 Å². The van der Waals surface area contributed by atoms with Gasteiger partial charge < -0.3 is 25.4 Å². The molecule has 3 N–H and O–H groups in total. The second kappa shape index (κ2) is 18.0. The molecule has 0 saturated carbocycles. The van der Waals surface area contributed by atoms with Gasteiger partial charge in [-0.3, -0.25) is 9.59 Å². The number of rotatable bonds is 16. The van der Waals surface area contributed by atoms with E-state index in [4.69, 9.17) is 4.74 Å². The Labute approximate surface area is 296 Å². The highest BCUT2D eigenvalue weighted by Crippen LogP contribution is 2.28. The number of fused-ring (bicyclic) bond motifs is 1. The number of nitrogens with zero attached hydrogens (tertiary/aromatic N) is 1. The number of ether oxygens (including phenoxy) is 1. The minimum absolute atomic E-state index is 0.0916. The van der Waals surface area contributed by atoms with Crippen molar-refractivity contribution in [2.75, 3.05) is 11.9 Å². The largest absolute Gasteiger partial charge is 0.508 e. The maximum Gasteiger partial charge on any atom is 0.408 e. The highest BCUT2D eigenvalue weighted by Gasteiger charge is 2.36. The van der Waals surface area contributed by atoms with Gasteiger partial charge in [-0.1, -0.05) is 112 Å². The maximum atomic E-state index is 14.9. The summed E-state index contributed by atoms with van der Waals surface area (Å²) >= 11 is 0. The van der Waals surface area contributed by atoms with Crippen molar-refractivity contribution in [3.63, 3.8) is 0 Å². The molecule has 0 heterocycles. The molecule has 50 heavy (non-hydrogen) atoms. The Balaban J connectivity index is 1.76. The van der Waals surface area contributed by atoms with Gasteiger partial charge in [0.2, 0.25) is 5.91 Å². The monoisotopic (exact) mass is 677 g/mol. The number of carbonyl (C=O) groups excluding carboxylic acids is 3. The van der Waals surface area contributed by atoms with Gasteiger partial charge in [0, 0.05) is 18.7 Å². The summed E-state index contributed by atoms with van der Waals surface area (Å²) in [6.07, 6.45) is 7.03. The van der Waals surface area contributed by atoms with Crippen LogP contribution in [0.15, 0.2) is 97.6 Å². The van der Waals surface area contributed by atoms with Crippen molar-refractivity contribution < 1.29 is 24.2 Å². The van der Waals surface area contributed by atoms with E-state index in [9.17, 15) is 19.5 Å². The second-order valence-electron chi connectivity index (χ2n) is 13.7. The average molecular weight is 678 g/mol. The van der Waals surface area contributed by atoms with E-state index in [2.05, 4.69) is 24.1 Å². The number of alkyl carbamates (subject to hydrolysis) is 1. The number of amides is 3. The second-order valence-corrected chi connectivity index (χ2v) is 13.7. The molecule has 264 valence electrons. The first-order valence-corrected chi connectivity index (χ1v) is 17.6. The van der Waals surface area contributed by atoms with Crippen LogP contribution in [-0.4, -0.2) is 46.1 Å². The molecule has 8 heteroatoms. The Morgan fingerprint density at radius 3 is 2.26 bits per heavy atom. The maximum absolute atomic E-state index is 14.9. The lowest BCUT2D eigenvalue weighted by atomic mass is 9.98. The summed E-state index contributed by atoms with van der Waals surface area (Å²) in [7, 11) is 0. The fourth-order valence-corrected chi connectivity index (χ4v) is 5.95. The Hall–Kier alpha value is -5.11. The molecule has 0 spiro atoms. The molecule has 8 nitrogen and oxygen atoms in total. The summed E-state index contributed by atoms with van der Waals surface area (Å²) in [6, 6.07) is 25.5. The molecule has 0 radical (unpaired) electrons. The number of phenols is 1. The number of aromatic hydroxyl groups is 1. The minimum Gasteiger partial charge on any atom is -0.508 e. The van der Waals surface area contributed by atoms with Gasteiger partial charge in [-0.2, -0.15) is 0 Å². The molecule has 0 saturated heterocycles. The van der Waals surface area contributed by atoms with Gasteiger partial charge in [0.05, 0.1) is 0 Å². The van der Waals surface area contributed by atoms with Gasteiger partial charge in [0.15, 0.2) is 0 Å². The molecule has 0 bridgehead atoms. The van der Waals surface area contributed by atoms with Gasteiger partial charge in [-0.25, -0.2) is 4.79 Å². The smallest absolute Gasteiger partial charge is 0.408 e. The highest BCUT2D eigenvalue weighted by molar-refractivity contribution is 6.00. The van der Waals surface area contributed by atoms with Crippen LogP contribution in [0.4, 0.5) is 10.5 Å². The minimum atomic E-state index is -1.06. The quantitative estimate of drug-likeness (QED) is 0.103. The van der Waals surface area contributed by atoms with Crippen LogP contribution in [0.25, 0.3) is 16.8 Å². The van der Waals surface area contributed by atoms with Crippen LogP contribution >= 0.6 is 0 Å². The number of hydrogen-bond acceptors (Lipinski definition) is 5. The fraction of sp³-hybridized carbons (Fsp3) is 0.357. The van der Waals surface area contributed by atoms with Gasteiger partial charge in [-0.05, 0) is 85.0 Å². The Morgan fingerprint density at radius 1 is 0.860 bits per heavy atom. The third kappa shape index (κ3) is 11.2. The van der Waals surface area contributed by atoms with Gasteiger partial charge in [0.25, 0.3) is 5.91 Å². The van der Waals surface area contributed by atoms with Crippen LogP contribution in [-0.2, 0) is 20.7 Å². The molecule has 4 aromatic carbocycles. The summed E-state index contributed by atoms with van der Waals surface area (Å²) in [5.74, 6) is -0.699. The number of phenolic OH excluding ortho intramolecular Hbond substituents is 1. The summed E-state index contributed by atoms with van der Waals surface area (Å²) in [5.41, 5.74) is 1.98. The van der Waals surface area contributed by atoms with E-state index in [1.807, 2.05) is 66.7 Å². The molecular weight excluding hydrogens is 626 g/mol. The first-order chi connectivity index (χ1) is 24.0. The van der Waals surface area contributed by atoms with Gasteiger partial charge in [0.1, 0.15) is 23.4 Å². The van der Waals surface area contributed by atoms with Crippen molar-refractivity contribution in [1.29, 1.82) is 0 Å². The molecule has 0 aromatic heterocycles. The molecule has 4 rings (SSSR count). The lowest BCUT2D eigenvalue weighted by molar-refractivity contribution is -0.140. The van der Waals surface area contributed by atoms with E-state index < -0.39 is 29.7 Å². The average Bonchev–Trinajstić information content (AvgIpc) is 3.08. The van der Waals surface area contributed by atoms with Crippen LogP contribution in [0.2, 0.25) is 0 Å². The molecule has 0 aliphatic rings.